The van der Waals surface area contributed by atoms with E-state index in [-0.39, 0.29) is 0 Å². The first-order valence-electron chi connectivity index (χ1n) is 4.47. The highest BCUT2D eigenvalue weighted by atomic mass is 16.5. The van der Waals surface area contributed by atoms with Gasteiger partial charge in [-0.05, 0) is 32.4 Å². The Morgan fingerprint density at radius 2 is 1.85 bits per heavy atom. The quantitative estimate of drug-likeness (QED) is 0.702. The minimum Gasteiger partial charge on any atom is -0.495 e. The molecule has 0 amide bonds. The summed E-state index contributed by atoms with van der Waals surface area (Å²) in [6.07, 6.45) is 5.24. The van der Waals surface area contributed by atoms with Gasteiger partial charge in [0.1, 0.15) is 5.76 Å². The van der Waals surface area contributed by atoms with E-state index in [1.165, 1.54) is 11.1 Å². The smallest absolute Gasteiger partial charge is 0.141 e. The Balaban J connectivity index is 3.10. The average molecular weight is 179 g/mol. The molecule has 0 fully saturated rings. The van der Waals surface area contributed by atoms with Gasteiger partial charge in [-0.3, -0.25) is 0 Å². The first kappa shape index (κ1) is 9.90. The van der Waals surface area contributed by atoms with Crippen LogP contribution in [-0.2, 0) is 4.74 Å². The molecule has 2 nitrogen and oxygen atoms in total. The molecule has 1 aliphatic rings. The van der Waals surface area contributed by atoms with Gasteiger partial charge < -0.3 is 10.1 Å². The molecule has 1 aliphatic carbocycles. The summed E-state index contributed by atoms with van der Waals surface area (Å²) in [5.41, 5.74) is 3.73. The fraction of sp³-hybridized carbons (Fsp3) is 0.455. The summed E-state index contributed by atoms with van der Waals surface area (Å²) in [5.74, 6) is 0.914. The van der Waals surface area contributed by atoms with Gasteiger partial charge in [0.05, 0.1) is 12.8 Å². The lowest BCUT2D eigenvalue weighted by Gasteiger charge is -2.06. The van der Waals surface area contributed by atoms with Crippen molar-refractivity contribution in [3.63, 3.8) is 0 Å². The second kappa shape index (κ2) is 4.17. The molecular formula is C11H17NO. The van der Waals surface area contributed by atoms with Crippen LogP contribution in [0.25, 0.3) is 0 Å². The monoisotopic (exact) mass is 179 g/mol. The summed E-state index contributed by atoms with van der Waals surface area (Å²) in [6.45, 7) is 4.25. The van der Waals surface area contributed by atoms with Gasteiger partial charge in [-0.25, -0.2) is 0 Å². The Bertz CT molecular complexity index is 256. The fourth-order valence-corrected chi connectivity index (χ4v) is 1.53. The number of ether oxygens (including phenoxy) is 1. The highest BCUT2D eigenvalue weighted by Crippen LogP contribution is 2.20. The maximum absolute atomic E-state index is 5.29. The molecule has 13 heavy (non-hydrogen) atoms. The molecule has 0 aliphatic heterocycles. The van der Waals surface area contributed by atoms with E-state index in [9.17, 15) is 0 Å². The summed E-state index contributed by atoms with van der Waals surface area (Å²) < 4.78 is 5.29. The molecule has 0 aromatic rings. The van der Waals surface area contributed by atoms with E-state index in [0.29, 0.717) is 0 Å². The SMILES string of the molecule is CNC1=C(OC)C=C(C)CC(C)=C1. The Morgan fingerprint density at radius 3 is 2.38 bits per heavy atom. The van der Waals surface area contributed by atoms with Gasteiger partial charge in [-0.15, -0.1) is 0 Å². The highest BCUT2D eigenvalue weighted by Gasteiger charge is 2.07. The van der Waals surface area contributed by atoms with E-state index in [4.69, 9.17) is 4.74 Å². The molecule has 0 saturated carbocycles. The third kappa shape index (κ3) is 2.38. The van der Waals surface area contributed by atoms with Crippen molar-refractivity contribution in [3.8, 4) is 0 Å². The second-order valence-electron chi connectivity index (χ2n) is 3.39. The molecule has 0 bridgehead atoms. The second-order valence-corrected chi connectivity index (χ2v) is 3.39. The van der Waals surface area contributed by atoms with Crippen molar-refractivity contribution in [2.75, 3.05) is 14.2 Å². The van der Waals surface area contributed by atoms with E-state index < -0.39 is 0 Å². The van der Waals surface area contributed by atoms with Gasteiger partial charge >= 0.3 is 0 Å². The summed E-state index contributed by atoms with van der Waals surface area (Å²) >= 11 is 0. The van der Waals surface area contributed by atoms with Crippen LogP contribution in [-0.4, -0.2) is 14.2 Å². The van der Waals surface area contributed by atoms with Crippen LogP contribution < -0.4 is 5.32 Å². The standard InChI is InChI=1S/C11H17NO/c1-8-5-9(2)7-11(13-4)10(6-8)12-3/h6-7,12H,5H2,1-4H3. The molecule has 0 radical (unpaired) electrons. The van der Waals surface area contributed by atoms with Crippen molar-refractivity contribution in [2.45, 2.75) is 20.3 Å². The Morgan fingerprint density at radius 1 is 1.23 bits per heavy atom. The van der Waals surface area contributed by atoms with Crippen LogP contribution in [0.5, 0.6) is 0 Å². The van der Waals surface area contributed by atoms with Crippen LogP contribution in [0, 0.1) is 0 Å². The van der Waals surface area contributed by atoms with Crippen molar-refractivity contribution in [1.82, 2.24) is 5.32 Å². The van der Waals surface area contributed by atoms with Crippen LogP contribution in [0.2, 0.25) is 0 Å². The first-order valence-corrected chi connectivity index (χ1v) is 4.47. The molecule has 0 atom stereocenters. The van der Waals surface area contributed by atoms with Gasteiger partial charge in [0.25, 0.3) is 0 Å². The lowest BCUT2D eigenvalue weighted by Crippen LogP contribution is -2.07. The number of hydrogen-bond acceptors (Lipinski definition) is 2. The highest BCUT2D eigenvalue weighted by molar-refractivity contribution is 5.36. The Hall–Kier alpha value is -1.18. The van der Waals surface area contributed by atoms with Crippen LogP contribution in [0.15, 0.2) is 34.8 Å². The fourth-order valence-electron chi connectivity index (χ4n) is 1.53. The maximum atomic E-state index is 5.29. The molecule has 1 N–H and O–H groups in total. The Kier molecular flexibility index (Phi) is 3.18. The predicted octanol–water partition coefficient (Wildman–Crippen LogP) is 2.36. The van der Waals surface area contributed by atoms with Crippen LogP contribution in [0.1, 0.15) is 20.3 Å². The van der Waals surface area contributed by atoms with Gasteiger partial charge in [0.2, 0.25) is 0 Å². The Labute approximate surface area is 80.0 Å². The lowest BCUT2D eigenvalue weighted by molar-refractivity contribution is 0.301. The molecule has 0 aromatic carbocycles. The van der Waals surface area contributed by atoms with E-state index in [0.717, 1.165) is 17.9 Å². The van der Waals surface area contributed by atoms with Crippen LogP contribution in [0.4, 0.5) is 0 Å². The van der Waals surface area contributed by atoms with Gasteiger partial charge in [-0.1, -0.05) is 11.1 Å². The zero-order valence-electron chi connectivity index (χ0n) is 8.77. The number of hydrogen-bond donors (Lipinski definition) is 1. The predicted molar refractivity (Wildman–Crippen MR) is 55.2 cm³/mol. The van der Waals surface area contributed by atoms with E-state index >= 15 is 0 Å². The number of rotatable bonds is 2. The van der Waals surface area contributed by atoms with E-state index in [1.807, 2.05) is 7.05 Å². The minimum absolute atomic E-state index is 0.914. The molecule has 0 aromatic heterocycles. The van der Waals surface area contributed by atoms with Crippen molar-refractivity contribution < 1.29 is 4.74 Å². The van der Waals surface area contributed by atoms with Crippen LogP contribution >= 0.6 is 0 Å². The summed E-state index contributed by atoms with van der Waals surface area (Å²) in [4.78, 5) is 0. The van der Waals surface area contributed by atoms with Crippen molar-refractivity contribution in [3.05, 3.63) is 34.8 Å². The maximum Gasteiger partial charge on any atom is 0.141 e. The van der Waals surface area contributed by atoms with Crippen LogP contribution in [0.3, 0.4) is 0 Å². The van der Waals surface area contributed by atoms with E-state index in [2.05, 4.69) is 31.3 Å². The van der Waals surface area contributed by atoms with Crippen molar-refractivity contribution in [1.29, 1.82) is 0 Å². The largest absolute Gasteiger partial charge is 0.495 e. The molecule has 72 valence electrons. The molecule has 0 heterocycles. The molecule has 0 unspecified atom stereocenters. The zero-order valence-corrected chi connectivity index (χ0v) is 8.77. The van der Waals surface area contributed by atoms with Gasteiger partial charge in [-0.2, -0.15) is 0 Å². The minimum atomic E-state index is 0.914. The van der Waals surface area contributed by atoms with Gasteiger partial charge in [0.15, 0.2) is 0 Å². The number of likely N-dealkylation sites (N-methyl/N-ethyl adjacent to an activating group) is 1. The average Bonchev–Trinajstić information content (AvgIpc) is 2.23. The summed E-state index contributed by atoms with van der Waals surface area (Å²) in [6, 6.07) is 0. The lowest BCUT2D eigenvalue weighted by atomic mass is 10.1. The summed E-state index contributed by atoms with van der Waals surface area (Å²) in [7, 11) is 3.61. The topological polar surface area (TPSA) is 21.3 Å². The zero-order chi connectivity index (χ0) is 9.84. The molecule has 0 spiro atoms. The number of nitrogens with one attached hydrogen (secondary N) is 1. The normalized spacial score (nSPS) is 17.5. The van der Waals surface area contributed by atoms with E-state index in [1.54, 1.807) is 7.11 Å². The van der Waals surface area contributed by atoms with Gasteiger partial charge in [0, 0.05) is 7.05 Å². The number of methoxy groups -OCH3 is 1. The summed E-state index contributed by atoms with van der Waals surface area (Å²) in [5, 5.41) is 3.13. The number of allylic oxidation sites excluding steroid dienone is 4. The molecule has 2 heteroatoms. The third-order valence-electron chi connectivity index (χ3n) is 2.08. The first-order chi connectivity index (χ1) is 6.17. The van der Waals surface area contributed by atoms with Crippen molar-refractivity contribution >= 4 is 0 Å². The molecule has 0 saturated heterocycles. The van der Waals surface area contributed by atoms with Crippen molar-refractivity contribution in [2.24, 2.45) is 0 Å². The molecule has 1 rings (SSSR count). The molecular weight excluding hydrogens is 162 g/mol. The third-order valence-corrected chi connectivity index (χ3v) is 2.08.